The van der Waals surface area contributed by atoms with Crippen LogP contribution in [0.1, 0.15) is 258 Å². The van der Waals surface area contributed by atoms with Crippen molar-refractivity contribution in [2.45, 2.75) is 258 Å². The predicted octanol–water partition coefficient (Wildman–Crippen LogP) is 10.9. The smallest absolute Gasteiger partial charge is 0.550 e. The third-order valence-corrected chi connectivity index (χ3v) is 10.5. The Kier molecular flexibility index (Phi) is 49.1. The molecule has 0 aliphatic rings. The molecule has 0 aromatic carbocycles. The monoisotopic (exact) mass is 702 g/mol. The summed E-state index contributed by atoms with van der Waals surface area (Å²) in [5.41, 5.74) is 0. The van der Waals surface area contributed by atoms with E-state index >= 15 is 0 Å². The number of hydrogen-bond acceptors (Lipinski definition) is 3. The summed E-state index contributed by atoms with van der Waals surface area (Å²) in [7, 11) is 0. The van der Waals surface area contributed by atoms with Gasteiger partial charge in [-0.3, -0.25) is 0 Å². The van der Waals surface area contributed by atoms with Crippen molar-refractivity contribution in [3.05, 3.63) is 0 Å². The molecule has 0 saturated heterocycles. The van der Waals surface area contributed by atoms with Crippen LogP contribution in [-0.4, -0.2) is 30.5 Å². The zero-order chi connectivity index (χ0) is 34.1. The molecule has 4 heteroatoms. The molecule has 282 valence electrons. The summed E-state index contributed by atoms with van der Waals surface area (Å²) in [6, 6.07) is 0. The number of carbonyl (C=O) groups excluding carboxylic acids is 1. The quantitative estimate of drug-likeness (QED) is 0.0470. The number of aliphatic carboxylic acids is 1. The van der Waals surface area contributed by atoms with Gasteiger partial charge in [-0.1, -0.05) is 232 Å². The molecular formula is C44H88KNO2. The Morgan fingerprint density at radius 3 is 0.729 bits per heavy atom. The van der Waals surface area contributed by atoms with Gasteiger partial charge in [0.15, 0.2) is 0 Å². The van der Waals surface area contributed by atoms with Crippen molar-refractivity contribution >= 4 is 5.97 Å². The van der Waals surface area contributed by atoms with E-state index in [1.165, 1.54) is 231 Å². The summed E-state index contributed by atoms with van der Waals surface area (Å²) in [6.07, 6.45) is 51.9. The van der Waals surface area contributed by atoms with Crippen LogP contribution >= 0.6 is 0 Å². The zero-order valence-corrected chi connectivity index (χ0v) is 36.9. The summed E-state index contributed by atoms with van der Waals surface area (Å²) in [5.74, 6) is -0.897. The van der Waals surface area contributed by atoms with E-state index in [1.54, 1.807) is 0 Å². The topological polar surface area (TPSA) is 43.4 Å². The molecular weight excluding hydrogens is 614 g/mol. The van der Waals surface area contributed by atoms with Crippen molar-refractivity contribution in [3.8, 4) is 0 Å². The Hall–Kier alpha value is 1.07. The third-order valence-electron chi connectivity index (χ3n) is 10.5. The number of carbonyl (C=O) groups is 1. The van der Waals surface area contributed by atoms with E-state index in [-0.39, 0.29) is 57.8 Å². The van der Waals surface area contributed by atoms with Gasteiger partial charge < -0.3 is 14.8 Å². The average Bonchev–Trinajstić information content (AvgIpc) is 3.06. The van der Waals surface area contributed by atoms with Gasteiger partial charge >= 0.3 is 51.4 Å². The number of hydrogen-bond donors (Lipinski definition) is 0. The van der Waals surface area contributed by atoms with Gasteiger partial charge in [-0.2, -0.15) is 0 Å². The molecule has 0 spiro atoms. The van der Waals surface area contributed by atoms with Crippen molar-refractivity contribution in [2.75, 3.05) is 19.6 Å². The fourth-order valence-corrected chi connectivity index (χ4v) is 7.26. The first-order chi connectivity index (χ1) is 23.2. The van der Waals surface area contributed by atoms with Crippen molar-refractivity contribution in [1.29, 1.82) is 0 Å². The van der Waals surface area contributed by atoms with Crippen LogP contribution < -0.4 is 56.5 Å². The van der Waals surface area contributed by atoms with Crippen LogP contribution in [0.3, 0.4) is 0 Å². The Morgan fingerprint density at radius 2 is 0.521 bits per heavy atom. The van der Waals surface area contributed by atoms with Gasteiger partial charge in [-0.15, -0.1) is 0 Å². The largest absolute Gasteiger partial charge is 1.00 e. The van der Waals surface area contributed by atoms with Crippen LogP contribution in [0.5, 0.6) is 0 Å². The van der Waals surface area contributed by atoms with Crippen LogP contribution in [0.25, 0.3) is 0 Å². The molecule has 3 nitrogen and oxygen atoms in total. The molecule has 0 atom stereocenters. The van der Waals surface area contributed by atoms with Crippen molar-refractivity contribution in [2.24, 2.45) is 0 Å². The molecule has 0 N–H and O–H groups in total. The summed E-state index contributed by atoms with van der Waals surface area (Å²) >= 11 is 0. The maximum absolute atomic E-state index is 10.9. The number of nitrogens with zero attached hydrogens (tertiary/aromatic N) is 1. The van der Waals surface area contributed by atoms with Gasteiger partial charge in [0.05, 0.1) is 0 Å². The van der Waals surface area contributed by atoms with Crippen LogP contribution in [-0.2, 0) is 4.79 Å². The van der Waals surface area contributed by atoms with Crippen molar-refractivity contribution in [1.82, 2.24) is 4.90 Å². The van der Waals surface area contributed by atoms with E-state index < -0.39 is 5.97 Å². The van der Waals surface area contributed by atoms with Gasteiger partial charge in [0.1, 0.15) is 0 Å². The molecule has 0 saturated carbocycles. The summed E-state index contributed by atoms with van der Waals surface area (Å²) in [5, 5.41) is 10.9. The molecule has 0 heterocycles. The van der Waals surface area contributed by atoms with Gasteiger partial charge in [-0.25, -0.2) is 0 Å². The Labute approximate surface area is 346 Å². The fraction of sp³-hybridized carbons (Fsp3) is 0.977. The fourth-order valence-electron chi connectivity index (χ4n) is 7.26. The molecule has 0 bridgehead atoms. The molecule has 0 rings (SSSR count). The van der Waals surface area contributed by atoms with E-state index in [0.717, 1.165) is 26.1 Å². The second kappa shape index (κ2) is 46.1. The molecule has 0 aromatic rings. The predicted molar refractivity (Wildman–Crippen MR) is 208 cm³/mol. The normalized spacial score (nSPS) is 11.4. The maximum atomic E-state index is 10.9. The second-order valence-electron chi connectivity index (χ2n) is 15.3. The molecule has 0 amide bonds. The van der Waals surface area contributed by atoms with E-state index in [0.29, 0.717) is 0 Å². The minimum absolute atomic E-state index is 0. The molecule has 0 aliphatic carbocycles. The summed E-state index contributed by atoms with van der Waals surface area (Å²) in [6.45, 7) is 7.80. The van der Waals surface area contributed by atoms with Gasteiger partial charge in [0, 0.05) is 5.97 Å². The first-order valence-corrected chi connectivity index (χ1v) is 22.1. The van der Waals surface area contributed by atoms with Gasteiger partial charge in [0.2, 0.25) is 0 Å². The zero-order valence-electron chi connectivity index (χ0n) is 33.8. The SMILES string of the molecule is CCCCCCCCCCCCCCCCCCCCN(CCCCCCCCCCCCCCCCCCCC)CCCC(=O)[O-].[K+]. The standard InChI is InChI=1S/C44H89NO2.K/c1-3-5-7-9-11-13-15-17-19-21-23-25-27-29-31-33-35-37-41-45(43-39-40-44(46)47)42-38-36-34-32-30-28-26-24-22-20-18-16-14-12-10-8-6-4-2;/h3-43H2,1-2H3,(H,46,47);/q;+1/p-1. The van der Waals surface area contributed by atoms with Gasteiger partial charge in [-0.05, 0) is 45.3 Å². The molecule has 48 heavy (non-hydrogen) atoms. The Bertz CT molecular complexity index is 546. The summed E-state index contributed by atoms with van der Waals surface area (Å²) < 4.78 is 0. The van der Waals surface area contributed by atoms with Crippen LogP contribution in [0.15, 0.2) is 0 Å². The third kappa shape index (κ3) is 45.1. The minimum atomic E-state index is -0.897. The number of unbranched alkanes of at least 4 members (excludes halogenated alkanes) is 34. The van der Waals surface area contributed by atoms with Crippen molar-refractivity contribution < 1.29 is 61.3 Å². The van der Waals surface area contributed by atoms with Crippen LogP contribution in [0, 0.1) is 0 Å². The van der Waals surface area contributed by atoms with Crippen LogP contribution in [0.4, 0.5) is 0 Å². The molecule has 0 aromatic heterocycles. The average molecular weight is 702 g/mol. The van der Waals surface area contributed by atoms with E-state index in [4.69, 9.17) is 0 Å². The summed E-state index contributed by atoms with van der Waals surface area (Å²) in [4.78, 5) is 13.5. The van der Waals surface area contributed by atoms with Gasteiger partial charge in [0.25, 0.3) is 0 Å². The van der Waals surface area contributed by atoms with E-state index in [1.807, 2.05) is 0 Å². The number of carboxylic acid groups (broad SMARTS) is 1. The van der Waals surface area contributed by atoms with E-state index in [2.05, 4.69) is 18.7 Å². The maximum Gasteiger partial charge on any atom is 1.00 e. The molecule has 0 aliphatic heterocycles. The first kappa shape index (κ1) is 51.2. The molecule has 0 unspecified atom stereocenters. The minimum Gasteiger partial charge on any atom is -0.550 e. The number of carboxylic acids is 1. The molecule has 0 radical (unpaired) electrons. The molecule has 0 fully saturated rings. The Morgan fingerprint density at radius 1 is 0.333 bits per heavy atom. The second-order valence-corrected chi connectivity index (χ2v) is 15.3. The van der Waals surface area contributed by atoms with Crippen molar-refractivity contribution in [3.63, 3.8) is 0 Å². The number of rotatable bonds is 42. The Balaban J connectivity index is 0. The van der Waals surface area contributed by atoms with Crippen LogP contribution in [0.2, 0.25) is 0 Å². The first-order valence-electron chi connectivity index (χ1n) is 22.1. The van der Waals surface area contributed by atoms with E-state index in [9.17, 15) is 9.90 Å².